The summed E-state index contributed by atoms with van der Waals surface area (Å²) in [4.78, 5) is 0. The van der Waals surface area contributed by atoms with E-state index in [0.29, 0.717) is 12.1 Å². The highest BCUT2D eigenvalue weighted by Gasteiger charge is 2.20. The molecular formula is C14H17FN2O2S2. The summed E-state index contributed by atoms with van der Waals surface area (Å²) >= 11 is 1.17. The van der Waals surface area contributed by atoms with E-state index in [0.717, 1.165) is 5.56 Å². The van der Waals surface area contributed by atoms with E-state index in [1.54, 1.807) is 37.6 Å². The normalized spacial score (nSPS) is 13.3. The molecule has 0 amide bonds. The van der Waals surface area contributed by atoms with Gasteiger partial charge in [0.2, 0.25) is 0 Å². The molecule has 1 unspecified atom stereocenters. The third kappa shape index (κ3) is 4.10. The maximum atomic E-state index is 13.2. The number of rotatable bonds is 6. The fourth-order valence-electron chi connectivity index (χ4n) is 1.93. The van der Waals surface area contributed by atoms with Crippen molar-refractivity contribution < 1.29 is 12.8 Å². The molecule has 0 aliphatic heterocycles. The summed E-state index contributed by atoms with van der Waals surface area (Å²) < 4.78 is 40.6. The second-order valence-corrected chi connectivity index (χ2v) is 7.55. The quantitative estimate of drug-likeness (QED) is 0.857. The van der Waals surface area contributed by atoms with Gasteiger partial charge in [-0.05, 0) is 48.7 Å². The number of halogens is 1. The molecule has 7 heteroatoms. The smallest absolute Gasteiger partial charge is 0.250 e. The maximum absolute atomic E-state index is 13.2. The van der Waals surface area contributed by atoms with Crippen LogP contribution in [0.5, 0.6) is 0 Å². The minimum Gasteiger partial charge on any atom is -0.316 e. The molecule has 2 N–H and O–H groups in total. The van der Waals surface area contributed by atoms with Crippen molar-refractivity contribution in [1.82, 2.24) is 10.0 Å². The number of benzene rings is 1. The first kappa shape index (κ1) is 16.1. The SMILES string of the molecule is CNCc1csc(S(=O)(=O)NC(C)c2cccc(F)c2)c1. The van der Waals surface area contributed by atoms with E-state index in [1.807, 2.05) is 0 Å². The number of thiophene rings is 1. The van der Waals surface area contributed by atoms with Gasteiger partial charge in [0.1, 0.15) is 10.0 Å². The van der Waals surface area contributed by atoms with Gasteiger partial charge >= 0.3 is 0 Å². The van der Waals surface area contributed by atoms with E-state index in [9.17, 15) is 12.8 Å². The van der Waals surface area contributed by atoms with Crippen LogP contribution < -0.4 is 10.0 Å². The molecule has 0 saturated carbocycles. The summed E-state index contributed by atoms with van der Waals surface area (Å²) in [6.07, 6.45) is 0. The molecule has 1 atom stereocenters. The number of hydrogen-bond acceptors (Lipinski definition) is 4. The lowest BCUT2D eigenvalue weighted by Gasteiger charge is -2.13. The Morgan fingerprint density at radius 2 is 2.10 bits per heavy atom. The highest BCUT2D eigenvalue weighted by Crippen LogP contribution is 2.23. The molecule has 4 nitrogen and oxygen atoms in total. The van der Waals surface area contributed by atoms with Crippen LogP contribution >= 0.6 is 11.3 Å². The lowest BCUT2D eigenvalue weighted by Crippen LogP contribution is -2.26. The third-order valence-electron chi connectivity index (χ3n) is 2.96. The Bertz CT molecular complexity index is 713. The van der Waals surface area contributed by atoms with Crippen LogP contribution in [0.1, 0.15) is 24.1 Å². The van der Waals surface area contributed by atoms with Crippen LogP contribution in [-0.2, 0) is 16.6 Å². The lowest BCUT2D eigenvalue weighted by molar-refractivity contribution is 0.566. The second-order valence-electron chi connectivity index (χ2n) is 4.70. The first-order valence-electron chi connectivity index (χ1n) is 6.42. The van der Waals surface area contributed by atoms with E-state index in [-0.39, 0.29) is 10.0 Å². The van der Waals surface area contributed by atoms with E-state index >= 15 is 0 Å². The zero-order chi connectivity index (χ0) is 15.5. The molecule has 0 saturated heterocycles. The van der Waals surface area contributed by atoms with Crippen molar-refractivity contribution in [1.29, 1.82) is 0 Å². The van der Waals surface area contributed by atoms with Crippen LogP contribution in [0.25, 0.3) is 0 Å². The summed E-state index contributed by atoms with van der Waals surface area (Å²) in [7, 11) is -1.80. The standard InChI is InChI=1S/C14H17FN2O2S2/c1-10(12-4-3-5-13(15)7-12)17-21(18,19)14-6-11(8-16-2)9-20-14/h3-7,9-10,16-17H,8H2,1-2H3. The number of nitrogens with one attached hydrogen (secondary N) is 2. The van der Waals surface area contributed by atoms with Gasteiger partial charge in [-0.1, -0.05) is 12.1 Å². The minimum absolute atomic E-state index is 0.260. The van der Waals surface area contributed by atoms with Gasteiger partial charge in [0.25, 0.3) is 10.0 Å². The zero-order valence-corrected chi connectivity index (χ0v) is 13.4. The van der Waals surface area contributed by atoms with E-state index < -0.39 is 16.1 Å². The molecule has 21 heavy (non-hydrogen) atoms. The van der Waals surface area contributed by atoms with Crippen molar-refractivity contribution in [2.75, 3.05) is 7.05 Å². The fourth-order valence-corrected chi connectivity index (χ4v) is 4.38. The summed E-state index contributed by atoms with van der Waals surface area (Å²) in [6, 6.07) is 7.05. The van der Waals surface area contributed by atoms with Crippen LogP contribution in [0.4, 0.5) is 4.39 Å². The predicted octanol–water partition coefficient (Wildman–Crippen LogP) is 2.65. The van der Waals surface area contributed by atoms with Gasteiger partial charge in [-0.3, -0.25) is 0 Å². The molecule has 0 aliphatic rings. The first-order valence-corrected chi connectivity index (χ1v) is 8.78. The van der Waals surface area contributed by atoms with E-state index in [1.165, 1.54) is 23.5 Å². The zero-order valence-electron chi connectivity index (χ0n) is 11.8. The second kappa shape index (κ2) is 6.65. The molecule has 0 radical (unpaired) electrons. The van der Waals surface area contributed by atoms with Crippen molar-refractivity contribution in [2.45, 2.75) is 23.7 Å². The van der Waals surface area contributed by atoms with Crippen LogP contribution in [0.15, 0.2) is 39.9 Å². The summed E-state index contributed by atoms with van der Waals surface area (Å²) in [5.41, 5.74) is 1.51. The van der Waals surface area contributed by atoms with Crippen molar-refractivity contribution in [3.05, 3.63) is 52.7 Å². The molecule has 1 aromatic heterocycles. The predicted molar refractivity (Wildman–Crippen MR) is 82.2 cm³/mol. The summed E-state index contributed by atoms with van der Waals surface area (Å²) in [5, 5.41) is 4.77. The van der Waals surface area contributed by atoms with Gasteiger partial charge in [0.05, 0.1) is 0 Å². The van der Waals surface area contributed by atoms with Crippen molar-refractivity contribution in [3.8, 4) is 0 Å². The molecule has 1 heterocycles. The molecule has 0 fully saturated rings. The minimum atomic E-state index is -3.60. The maximum Gasteiger partial charge on any atom is 0.250 e. The molecule has 0 bridgehead atoms. The molecular weight excluding hydrogens is 311 g/mol. The van der Waals surface area contributed by atoms with Gasteiger partial charge in [-0.2, -0.15) is 0 Å². The number of sulfonamides is 1. The fraction of sp³-hybridized carbons (Fsp3) is 0.286. The Morgan fingerprint density at radius 1 is 1.33 bits per heavy atom. The topological polar surface area (TPSA) is 58.2 Å². The van der Waals surface area contributed by atoms with Gasteiger partial charge < -0.3 is 5.32 Å². The van der Waals surface area contributed by atoms with Gasteiger partial charge in [-0.25, -0.2) is 17.5 Å². The summed E-state index contributed by atoms with van der Waals surface area (Å²) in [5.74, 6) is -0.383. The van der Waals surface area contributed by atoms with Crippen LogP contribution in [0.3, 0.4) is 0 Å². The van der Waals surface area contributed by atoms with Gasteiger partial charge in [-0.15, -0.1) is 11.3 Å². The molecule has 1 aromatic carbocycles. The highest BCUT2D eigenvalue weighted by molar-refractivity contribution is 7.91. The van der Waals surface area contributed by atoms with Gasteiger partial charge in [0, 0.05) is 12.6 Å². The Hall–Kier alpha value is -1.28. The Balaban J connectivity index is 2.16. The third-order valence-corrected chi connectivity index (χ3v) is 5.99. The lowest BCUT2D eigenvalue weighted by atomic mass is 10.1. The molecule has 2 aromatic rings. The summed E-state index contributed by atoms with van der Waals surface area (Å²) in [6.45, 7) is 2.31. The average molecular weight is 328 g/mol. The van der Waals surface area contributed by atoms with Crippen LogP contribution in [0, 0.1) is 5.82 Å². The van der Waals surface area contributed by atoms with Crippen LogP contribution in [-0.4, -0.2) is 15.5 Å². The monoisotopic (exact) mass is 328 g/mol. The highest BCUT2D eigenvalue weighted by atomic mass is 32.2. The average Bonchev–Trinajstić information content (AvgIpc) is 2.88. The largest absolute Gasteiger partial charge is 0.316 e. The number of hydrogen-bond donors (Lipinski definition) is 2. The Kier molecular flexibility index (Phi) is 5.10. The van der Waals surface area contributed by atoms with Crippen molar-refractivity contribution >= 4 is 21.4 Å². The molecule has 0 aliphatic carbocycles. The first-order chi connectivity index (χ1) is 9.92. The molecule has 114 valence electrons. The Labute approximate surface area is 128 Å². The van der Waals surface area contributed by atoms with Gasteiger partial charge in [0.15, 0.2) is 0 Å². The molecule has 0 spiro atoms. The van der Waals surface area contributed by atoms with E-state index in [4.69, 9.17) is 0 Å². The molecule has 2 rings (SSSR count). The Morgan fingerprint density at radius 3 is 2.76 bits per heavy atom. The van der Waals surface area contributed by atoms with Crippen molar-refractivity contribution in [3.63, 3.8) is 0 Å². The van der Waals surface area contributed by atoms with E-state index in [2.05, 4.69) is 10.0 Å². The van der Waals surface area contributed by atoms with Crippen molar-refractivity contribution in [2.24, 2.45) is 0 Å². The van der Waals surface area contributed by atoms with Crippen LogP contribution in [0.2, 0.25) is 0 Å².